The first kappa shape index (κ1) is 18.3. The molecule has 28 heavy (non-hydrogen) atoms. The van der Waals surface area contributed by atoms with Crippen LogP contribution in [0.5, 0.6) is 0 Å². The molecule has 6 heteroatoms. The van der Waals surface area contributed by atoms with Crippen LogP contribution < -0.4 is 0 Å². The zero-order valence-electron chi connectivity index (χ0n) is 15.9. The van der Waals surface area contributed by atoms with Gasteiger partial charge in [-0.15, -0.1) is 0 Å². The van der Waals surface area contributed by atoms with Crippen molar-refractivity contribution in [1.29, 1.82) is 0 Å². The molecule has 0 radical (unpaired) electrons. The lowest BCUT2D eigenvalue weighted by molar-refractivity contribution is -0.132. The second-order valence-electron chi connectivity index (χ2n) is 7.30. The summed E-state index contributed by atoms with van der Waals surface area (Å²) >= 11 is 0. The molecule has 3 aromatic heterocycles. The van der Waals surface area contributed by atoms with Gasteiger partial charge in [-0.2, -0.15) is 0 Å². The Labute approximate surface area is 165 Å². The van der Waals surface area contributed by atoms with E-state index in [1.54, 1.807) is 12.4 Å². The summed E-state index contributed by atoms with van der Waals surface area (Å²) in [5.74, 6) is 1.59. The van der Waals surface area contributed by atoms with Crippen molar-refractivity contribution in [3.63, 3.8) is 0 Å². The van der Waals surface area contributed by atoms with E-state index in [4.69, 9.17) is 0 Å². The van der Waals surface area contributed by atoms with Gasteiger partial charge < -0.3 is 9.47 Å². The van der Waals surface area contributed by atoms with Crippen molar-refractivity contribution in [3.8, 4) is 0 Å². The lowest BCUT2D eigenvalue weighted by Crippen LogP contribution is -2.39. The van der Waals surface area contributed by atoms with E-state index in [9.17, 15) is 4.79 Å². The van der Waals surface area contributed by atoms with Crippen molar-refractivity contribution in [2.24, 2.45) is 0 Å². The molecule has 1 saturated heterocycles. The Kier molecular flexibility index (Phi) is 5.75. The summed E-state index contributed by atoms with van der Waals surface area (Å²) in [6, 6.07) is 8.00. The van der Waals surface area contributed by atoms with Crippen molar-refractivity contribution in [1.82, 2.24) is 24.4 Å². The van der Waals surface area contributed by atoms with Crippen LogP contribution in [0.25, 0.3) is 0 Å². The van der Waals surface area contributed by atoms with Gasteiger partial charge in [0.25, 0.3) is 0 Å². The maximum atomic E-state index is 12.7. The number of amides is 1. The number of hydrogen-bond donors (Lipinski definition) is 0. The largest absolute Gasteiger partial charge is 0.342 e. The molecule has 4 rings (SSSR count). The highest BCUT2D eigenvalue weighted by molar-refractivity contribution is 5.76. The second-order valence-corrected chi connectivity index (χ2v) is 7.30. The fourth-order valence-electron chi connectivity index (χ4n) is 3.87. The third-order valence-electron chi connectivity index (χ3n) is 5.37. The topological polar surface area (TPSA) is 63.9 Å². The minimum absolute atomic E-state index is 0.230. The quantitative estimate of drug-likeness (QED) is 0.664. The van der Waals surface area contributed by atoms with Crippen LogP contribution in [-0.2, 0) is 17.8 Å². The molecule has 0 unspecified atom stereocenters. The van der Waals surface area contributed by atoms with Gasteiger partial charge in [-0.3, -0.25) is 14.8 Å². The Hall–Kier alpha value is -3.02. The lowest BCUT2D eigenvalue weighted by Gasteiger charge is -2.33. The second kappa shape index (κ2) is 8.78. The van der Waals surface area contributed by atoms with Crippen LogP contribution in [-0.4, -0.2) is 43.4 Å². The third-order valence-corrected chi connectivity index (χ3v) is 5.37. The summed E-state index contributed by atoms with van der Waals surface area (Å²) in [7, 11) is 0. The molecule has 4 heterocycles. The molecule has 1 aliphatic heterocycles. The fraction of sp³-hybridized carbons (Fsp3) is 0.364. The number of aryl methyl sites for hydroxylation is 1. The van der Waals surface area contributed by atoms with E-state index in [1.165, 1.54) is 5.56 Å². The zero-order valence-corrected chi connectivity index (χ0v) is 15.9. The first-order chi connectivity index (χ1) is 13.8. The molecule has 0 N–H and O–H groups in total. The molecular formula is C22H25N5O. The number of nitrogens with zero attached hydrogens (tertiary/aromatic N) is 5. The van der Waals surface area contributed by atoms with Gasteiger partial charge in [-0.25, -0.2) is 4.98 Å². The highest BCUT2D eigenvalue weighted by Crippen LogP contribution is 2.27. The summed E-state index contributed by atoms with van der Waals surface area (Å²) in [6.07, 6.45) is 14.5. The number of pyridine rings is 2. The maximum absolute atomic E-state index is 12.7. The third kappa shape index (κ3) is 4.44. The molecule has 6 nitrogen and oxygen atoms in total. The highest BCUT2D eigenvalue weighted by Gasteiger charge is 2.27. The molecule has 3 aromatic rings. The van der Waals surface area contributed by atoms with E-state index in [2.05, 4.69) is 19.5 Å². The molecule has 0 spiro atoms. The number of carbonyl (C=O) groups is 1. The van der Waals surface area contributed by atoms with Crippen LogP contribution in [0.3, 0.4) is 0 Å². The molecule has 144 valence electrons. The van der Waals surface area contributed by atoms with Crippen LogP contribution in [0.4, 0.5) is 0 Å². The number of carbonyl (C=O) groups excluding carboxylic acids is 1. The van der Waals surface area contributed by atoms with Crippen LogP contribution in [0.1, 0.15) is 42.1 Å². The molecule has 0 aromatic carbocycles. The van der Waals surface area contributed by atoms with Gasteiger partial charge in [-0.1, -0.05) is 0 Å². The van der Waals surface area contributed by atoms with Crippen molar-refractivity contribution in [2.45, 2.75) is 38.1 Å². The average molecular weight is 375 g/mol. The minimum Gasteiger partial charge on any atom is -0.342 e. The number of aromatic nitrogens is 4. The molecule has 1 atom stereocenters. The van der Waals surface area contributed by atoms with E-state index >= 15 is 0 Å². The van der Waals surface area contributed by atoms with Crippen LogP contribution >= 0.6 is 0 Å². The van der Waals surface area contributed by atoms with Gasteiger partial charge in [0, 0.05) is 69.2 Å². The molecule has 1 amide bonds. The van der Waals surface area contributed by atoms with Crippen LogP contribution in [0, 0.1) is 0 Å². The Morgan fingerprint density at radius 2 is 1.71 bits per heavy atom. The Bertz CT molecular complexity index is 894. The van der Waals surface area contributed by atoms with Gasteiger partial charge in [0.05, 0.1) is 0 Å². The molecule has 0 aliphatic carbocycles. The SMILES string of the molecule is O=C(CCc1ccncc1)N1CCC[C@@H](c2nccn2Cc2ccncc2)C1. The van der Waals surface area contributed by atoms with E-state index < -0.39 is 0 Å². The van der Waals surface area contributed by atoms with Crippen LogP contribution in [0.15, 0.2) is 61.4 Å². The number of rotatable bonds is 6. The lowest BCUT2D eigenvalue weighted by atomic mass is 9.96. The summed E-state index contributed by atoms with van der Waals surface area (Å²) in [5.41, 5.74) is 2.36. The van der Waals surface area contributed by atoms with Gasteiger partial charge in [-0.05, 0) is 54.7 Å². The number of likely N-dealkylation sites (tertiary alicyclic amines) is 1. The van der Waals surface area contributed by atoms with Crippen molar-refractivity contribution < 1.29 is 4.79 Å². The van der Waals surface area contributed by atoms with E-state index in [1.807, 2.05) is 54.0 Å². The summed E-state index contributed by atoms with van der Waals surface area (Å²) in [6.45, 7) is 2.38. The molecule has 0 saturated carbocycles. The van der Waals surface area contributed by atoms with E-state index in [0.717, 1.165) is 50.3 Å². The number of imidazole rings is 1. The minimum atomic E-state index is 0.230. The standard InChI is InChI=1S/C22H25N5O/c28-21(4-3-18-5-9-23-10-6-18)26-14-1-2-20(17-26)22-25-13-15-27(22)16-19-7-11-24-12-8-19/h5-13,15,20H,1-4,14,16-17H2/t20-/m1/s1. The molecule has 0 bridgehead atoms. The summed E-state index contributed by atoms with van der Waals surface area (Å²) in [5, 5.41) is 0. The predicted molar refractivity (Wildman–Crippen MR) is 107 cm³/mol. The van der Waals surface area contributed by atoms with Gasteiger partial charge >= 0.3 is 0 Å². The van der Waals surface area contributed by atoms with E-state index in [-0.39, 0.29) is 11.8 Å². The van der Waals surface area contributed by atoms with Crippen molar-refractivity contribution in [2.75, 3.05) is 13.1 Å². The first-order valence-electron chi connectivity index (χ1n) is 9.86. The van der Waals surface area contributed by atoms with Crippen molar-refractivity contribution >= 4 is 5.91 Å². The first-order valence-corrected chi connectivity index (χ1v) is 9.86. The van der Waals surface area contributed by atoms with Crippen molar-refractivity contribution in [3.05, 3.63) is 78.4 Å². The van der Waals surface area contributed by atoms with Gasteiger partial charge in [0.15, 0.2) is 0 Å². The average Bonchev–Trinajstić information content (AvgIpc) is 3.22. The summed E-state index contributed by atoms with van der Waals surface area (Å²) < 4.78 is 2.20. The Balaban J connectivity index is 1.39. The van der Waals surface area contributed by atoms with E-state index in [0.29, 0.717) is 6.42 Å². The number of piperidine rings is 1. The van der Waals surface area contributed by atoms with Gasteiger partial charge in [0.2, 0.25) is 5.91 Å². The molecule has 1 aliphatic rings. The Morgan fingerprint density at radius 1 is 1.00 bits per heavy atom. The van der Waals surface area contributed by atoms with Gasteiger partial charge in [0.1, 0.15) is 5.82 Å². The number of hydrogen-bond acceptors (Lipinski definition) is 4. The molecule has 1 fully saturated rings. The van der Waals surface area contributed by atoms with Crippen LogP contribution in [0.2, 0.25) is 0 Å². The smallest absolute Gasteiger partial charge is 0.222 e. The monoisotopic (exact) mass is 375 g/mol. The fourth-order valence-corrected chi connectivity index (χ4v) is 3.87. The Morgan fingerprint density at radius 3 is 2.46 bits per heavy atom. The normalized spacial score (nSPS) is 16.9. The highest BCUT2D eigenvalue weighted by atomic mass is 16.2. The maximum Gasteiger partial charge on any atom is 0.222 e. The zero-order chi connectivity index (χ0) is 19.2. The predicted octanol–water partition coefficient (Wildman–Crippen LogP) is 3.06. The molecular weight excluding hydrogens is 350 g/mol. The summed E-state index contributed by atoms with van der Waals surface area (Å²) in [4.78, 5) is 27.5.